The Labute approximate surface area is 161 Å². The lowest BCUT2D eigenvalue weighted by Gasteiger charge is -2.31. The number of rotatable bonds is 5. The molecule has 7 heteroatoms. The second kappa shape index (κ2) is 7.42. The minimum atomic E-state index is -1.13. The van der Waals surface area contributed by atoms with Gasteiger partial charge in [-0.25, -0.2) is 0 Å². The van der Waals surface area contributed by atoms with Gasteiger partial charge in [0.15, 0.2) is 17.3 Å². The third kappa shape index (κ3) is 3.02. The molecule has 1 aromatic rings. The predicted molar refractivity (Wildman–Crippen MR) is 98.6 cm³/mol. The maximum atomic E-state index is 13.0. The average Bonchev–Trinajstić information content (AvgIpc) is 2.65. The van der Waals surface area contributed by atoms with E-state index in [9.17, 15) is 29.4 Å². The van der Waals surface area contributed by atoms with Crippen LogP contribution in [0.15, 0.2) is 30.1 Å². The number of esters is 1. The Hall–Kier alpha value is -3.22. The van der Waals surface area contributed by atoms with Gasteiger partial charge in [-0.1, -0.05) is 19.1 Å². The topological polar surface area (TPSA) is 118 Å². The molecule has 0 aromatic heterocycles. The van der Waals surface area contributed by atoms with E-state index in [0.29, 0.717) is 6.42 Å². The van der Waals surface area contributed by atoms with Crippen molar-refractivity contribution in [1.29, 1.82) is 0 Å². The summed E-state index contributed by atoms with van der Waals surface area (Å²) in [5, 5.41) is 20.9. The average molecular weight is 384 g/mol. The van der Waals surface area contributed by atoms with E-state index in [-0.39, 0.29) is 40.9 Å². The number of methoxy groups -OCH3 is 1. The molecular formula is C21H20O7. The number of hydrogen-bond donors (Lipinski definition) is 2. The maximum absolute atomic E-state index is 13.0. The summed E-state index contributed by atoms with van der Waals surface area (Å²) in [6.45, 7) is 1.78. The molecule has 2 aliphatic carbocycles. The number of fused-ring (bicyclic) bond motifs is 2. The third-order valence-corrected chi connectivity index (χ3v) is 5.06. The van der Waals surface area contributed by atoms with E-state index in [0.717, 1.165) is 0 Å². The van der Waals surface area contributed by atoms with Crippen LogP contribution in [0.2, 0.25) is 0 Å². The second-order valence-electron chi connectivity index (χ2n) is 6.82. The van der Waals surface area contributed by atoms with Gasteiger partial charge in [-0.2, -0.15) is 0 Å². The van der Waals surface area contributed by atoms with Gasteiger partial charge < -0.3 is 14.9 Å². The molecule has 28 heavy (non-hydrogen) atoms. The Balaban J connectivity index is 2.25. The molecule has 0 aliphatic heterocycles. The SMILES string of the molecule is CCCC(=O)c1c(CC(=O)OC)cc2c(c1O)C(=O)C1C(O)=CC=CC1C2=O. The minimum absolute atomic E-state index is 0.0601. The van der Waals surface area contributed by atoms with E-state index in [2.05, 4.69) is 4.74 Å². The maximum Gasteiger partial charge on any atom is 0.310 e. The van der Waals surface area contributed by atoms with Gasteiger partial charge in [0, 0.05) is 12.0 Å². The van der Waals surface area contributed by atoms with Crippen LogP contribution in [-0.4, -0.2) is 40.6 Å². The van der Waals surface area contributed by atoms with Crippen molar-refractivity contribution in [3.8, 4) is 5.75 Å². The zero-order valence-electron chi connectivity index (χ0n) is 15.5. The Kier molecular flexibility index (Phi) is 5.18. The first-order valence-electron chi connectivity index (χ1n) is 8.96. The molecule has 0 fully saturated rings. The molecule has 2 N–H and O–H groups in total. The summed E-state index contributed by atoms with van der Waals surface area (Å²) in [5.74, 6) is -5.09. The van der Waals surface area contributed by atoms with Crippen LogP contribution in [0.1, 0.15) is 56.4 Å². The standard InChI is InChI=1S/C21H20O7/c1-3-5-13(22)16-10(9-15(24)28-2)8-12-18(20(16)26)21(27)17-11(19(12)25)6-4-7-14(17)23/h4,6-8,11,17,23,26H,3,5,9H2,1-2H3. The number of hydrogen-bond acceptors (Lipinski definition) is 7. The number of aliphatic hydroxyl groups is 1. The molecule has 1 aromatic carbocycles. The smallest absolute Gasteiger partial charge is 0.310 e. The molecule has 146 valence electrons. The largest absolute Gasteiger partial charge is 0.512 e. The van der Waals surface area contributed by atoms with Gasteiger partial charge in [-0.3, -0.25) is 19.2 Å². The number of Topliss-reactive ketones (excluding diaryl/α,β-unsaturated/α-hetero) is 3. The van der Waals surface area contributed by atoms with Crippen LogP contribution in [0.5, 0.6) is 5.75 Å². The van der Waals surface area contributed by atoms with E-state index in [4.69, 9.17) is 0 Å². The molecule has 0 amide bonds. The van der Waals surface area contributed by atoms with E-state index >= 15 is 0 Å². The Morgan fingerprint density at radius 3 is 2.54 bits per heavy atom. The predicted octanol–water partition coefficient (Wildman–Crippen LogP) is 2.71. The van der Waals surface area contributed by atoms with Crippen LogP contribution in [0.3, 0.4) is 0 Å². The lowest BCUT2D eigenvalue weighted by molar-refractivity contribution is -0.139. The molecule has 0 heterocycles. The molecule has 0 saturated carbocycles. The summed E-state index contributed by atoms with van der Waals surface area (Å²) >= 11 is 0. The summed E-state index contributed by atoms with van der Waals surface area (Å²) in [7, 11) is 1.19. The third-order valence-electron chi connectivity index (χ3n) is 5.06. The second-order valence-corrected chi connectivity index (χ2v) is 6.82. The highest BCUT2D eigenvalue weighted by Crippen LogP contribution is 2.42. The Bertz CT molecular complexity index is 952. The number of benzene rings is 1. The highest BCUT2D eigenvalue weighted by atomic mass is 16.5. The van der Waals surface area contributed by atoms with Crippen LogP contribution in [-0.2, 0) is 16.0 Å². The van der Waals surface area contributed by atoms with Gasteiger partial charge in [-0.05, 0) is 24.1 Å². The fraction of sp³-hybridized carbons (Fsp3) is 0.333. The molecule has 2 aliphatic rings. The van der Waals surface area contributed by atoms with Crippen molar-refractivity contribution in [2.24, 2.45) is 11.8 Å². The summed E-state index contributed by atoms with van der Waals surface area (Å²) < 4.78 is 4.65. The van der Waals surface area contributed by atoms with Gasteiger partial charge in [0.2, 0.25) is 0 Å². The summed E-state index contributed by atoms with van der Waals surface area (Å²) in [4.78, 5) is 50.3. The monoisotopic (exact) mass is 384 g/mol. The van der Waals surface area contributed by atoms with E-state index in [1.165, 1.54) is 31.4 Å². The Morgan fingerprint density at radius 1 is 1.18 bits per heavy atom. The van der Waals surface area contributed by atoms with Crippen LogP contribution >= 0.6 is 0 Å². The Morgan fingerprint density at radius 2 is 1.89 bits per heavy atom. The van der Waals surface area contributed by atoms with Gasteiger partial charge in [-0.15, -0.1) is 0 Å². The number of phenolic OH excluding ortho intramolecular Hbond substituents is 1. The zero-order valence-corrected chi connectivity index (χ0v) is 15.5. The van der Waals surface area contributed by atoms with Gasteiger partial charge in [0.25, 0.3) is 0 Å². The highest BCUT2D eigenvalue weighted by Gasteiger charge is 2.45. The number of allylic oxidation sites excluding steroid dienone is 4. The molecule has 3 rings (SSSR count). The van der Waals surface area contributed by atoms with Crippen molar-refractivity contribution in [3.05, 3.63) is 52.3 Å². The van der Waals surface area contributed by atoms with Crippen LogP contribution in [0.25, 0.3) is 0 Å². The van der Waals surface area contributed by atoms with Gasteiger partial charge in [0.1, 0.15) is 11.5 Å². The number of ether oxygens (including phenoxy) is 1. The number of phenols is 1. The van der Waals surface area contributed by atoms with Crippen LogP contribution in [0.4, 0.5) is 0 Å². The van der Waals surface area contributed by atoms with E-state index < -0.39 is 40.9 Å². The molecular weight excluding hydrogens is 364 g/mol. The number of ketones is 3. The first-order valence-corrected chi connectivity index (χ1v) is 8.96. The summed E-state index contributed by atoms with van der Waals surface area (Å²) in [5.41, 5.74) is -0.356. The van der Waals surface area contributed by atoms with Crippen LogP contribution < -0.4 is 0 Å². The number of aliphatic hydroxyl groups excluding tert-OH is 1. The summed E-state index contributed by atoms with van der Waals surface area (Å²) in [6.07, 6.45) is 4.60. The number of aromatic hydroxyl groups is 1. The molecule has 0 saturated heterocycles. The molecule has 0 radical (unpaired) electrons. The molecule has 2 unspecified atom stereocenters. The molecule has 7 nitrogen and oxygen atoms in total. The van der Waals surface area contributed by atoms with Crippen molar-refractivity contribution < 1.29 is 34.1 Å². The summed E-state index contributed by atoms with van der Waals surface area (Å²) in [6, 6.07) is 1.31. The molecule has 0 spiro atoms. The normalized spacial score (nSPS) is 20.3. The zero-order chi connectivity index (χ0) is 20.6. The lowest BCUT2D eigenvalue weighted by Crippen LogP contribution is -2.38. The first kappa shape index (κ1) is 19.5. The number of carbonyl (C=O) groups excluding carboxylic acids is 4. The number of carbonyl (C=O) groups is 4. The van der Waals surface area contributed by atoms with Crippen molar-refractivity contribution >= 4 is 23.3 Å². The van der Waals surface area contributed by atoms with E-state index in [1.807, 2.05) is 0 Å². The fourth-order valence-electron chi connectivity index (χ4n) is 3.74. The van der Waals surface area contributed by atoms with Crippen molar-refractivity contribution in [1.82, 2.24) is 0 Å². The first-order chi connectivity index (χ1) is 13.3. The van der Waals surface area contributed by atoms with Crippen LogP contribution in [0, 0.1) is 11.8 Å². The quantitative estimate of drug-likeness (QED) is 0.592. The van der Waals surface area contributed by atoms with Gasteiger partial charge in [0.05, 0.1) is 36.5 Å². The van der Waals surface area contributed by atoms with Gasteiger partial charge >= 0.3 is 5.97 Å². The van der Waals surface area contributed by atoms with E-state index in [1.54, 1.807) is 6.92 Å². The fourth-order valence-corrected chi connectivity index (χ4v) is 3.74. The molecule has 0 bridgehead atoms. The highest BCUT2D eigenvalue weighted by molar-refractivity contribution is 6.20. The minimum Gasteiger partial charge on any atom is -0.512 e. The van der Waals surface area contributed by atoms with Crippen molar-refractivity contribution in [2.45, 2.75) is 26.2 Å². The lowest BCUT2D eigenvalue weighted by atomic mass is 9.70. The van der Waals surface area contributed by atoms with Crippen molar-refractivity contribution in [2.75, 3.05) is 7.11 Å². The van der Waals surface area contributed by atoms with Crippen molar-refractivity contribution in [3.63, 3.8) is 0 Å². The molecule has 2 atom stereocenters.